The van der Waals surface area contributed by atoms with Crippen molar-refractivity contribution in [1.29, 1.82) is 0 Å². The molecule has 0 aliphatic carbocycles. The van der Waals surface area contributed by atoms with E-state index < -0.39 is 10.0 Å². The summed E-state index contributed by atoms with van der Waals surface area (Å²) in [7, 11) is -2.69. The molecule has 0 saturated heterocycles. The summed E-state index contributed by atoms with van der Waals surface area (Å²) in [6.45, 7) is 0. The number of ether oxygens (including phenoxy) is 1. The number of halogens is 1. The third-order valence-corrected chi connectivity index (χ3v) is 6.35. The monoisotopic (exact) mass is 471 g/mol. The average molecular weight is 472 g/mol. The number of fused-ring (bicyclic) bond motifs is 1. The minimum Gasteiger partial charge on any atom is -0.495 e. The number of carbonyl (C=O) groups is 1. The van der Waals surface area contributed by atoms with Crippen molar-refractivity contribution in [2.24, 2.45) is 0 Å². The van der Waals surface area contributed by atoms with Crippen molar-refractivity contribution in [2.45, 2.75) is 11.3 Å². The van der Waals surface area contributed by atoms with Crippen molar-refractivity contribution in [3.05, 3.63) is 77.4 Å². The van der Waals surface area contributed by atoms with Crippen LogP contribution in [-0.4, -0.2) is 26.6 Å². The normalized spacial score (nSPS) is 11.3. The van der Waals surface area contributed by atoms with Gasteiger partial charge in [-0.15, -0.1) is 0 Å². The topological polar surface area (TPSA) is 111 Å². The Morgan fingerprint density at radius 3 is 2.62 bits per heavy atom. The van der Waals surface area contributed by atoms with Crippen LogP contribution in [0.3, 0.4) is 0 Å². The number of carbonyl (C=O) groups excluding carboxylic acids is 1. The molecule has 0 spiro atoms. The molecular formula is C22H18ClN3O5S. The summed E-state index contributed by atoms with van der Waals surface area (Å²) in [4.78, 5) is 12.4. The molecule has 4 aromatic rings. The van der Waals surface area contributed by atoms with Crippen LogP contribution >= 0.6 is 11.6 Å². The summed E-state index contributed by atoms with van der Waals surface area (Å²) in [5.41, 5.74) is 1.57. The number of methoxy groups -OCH3 is 1. The molecule has 4 rings (SSSR count). The lowest BCUT2D eigenvalue weighted by Gasteiger charge is -2.14. The molecule has 3 aromatic carbocycles. The van der Waals surface area contributed by atoms with Crippen LogP contribution in [-0.2, 0) is 21.2 Å². The molecule has 0 unspecified atom stereocenters. The molecule has 0 aliphatic heterocycles. The number of rotatable bonds is 7. The number of para-hydroxylation sites is 2. The first-order chi connectivity index (χ1) is 15.4. The van der Waals surface area contributed by atoms with E-state index in [0.717, 1.165) is 5.39 Å². The highest BCUT2D eigenvalue weighted by molar-refractivity contribution is 7.92. The number of benzene rings is 3. The maximum absolute atomic E-state index is 13.0. The largest absolute Gasteiger partial charge is 0.495 e. The molecule has 8 nitrogen and oxygen atoms in total. The average Bonchev–Trinajstić information content (AvgIpc) is 3.18. The van der Waals surface area contributed by atoms with E-state index in [0.29, 0.717) is 11.3 Å². The molecule has 1 amide bonds. The lowest BCUT2D eigenvalue weighted by molar-refractivity contribution is -0.115. The predicted molar refractivity (Wildman–Crippen MR) is 122 cm³/mol. The number of nitrogens with one attached hydrogen (secondary N) is 2. The third kappa shape index (κ3) is 4.53. The van der Waals surface area contributed by atoms with Crippen molar-refractivity contribution in [1.82, 2.24) is 5.16 Å². The van der Waals surface area contributed by atoms with Gasteiger partial charge < -0.3 is 14.6 Å². The minimum atomic E-state index is -4.05. The minimum absolute atomic E-state index is 0.0387. The number of hydrogen-bond acceptors (Lipinski definition) is 6. The van der Waals surface area contributed by atoms with E-state index in [9.17, 15) is 13.2 Å². The lowest BCUT2D eigenvalue weighted by atomic mass is 10.1. The Hall–Kier alpha value is -3.56. The fraction of sp³-hybridized carbons (Fsp3) is 0.0909. The van der Waals surface area contributed by atoms with Crippen LogP contribution in [0.15, 0.2) is 76.1 Å². The van der Waals surface area contributed by atoms with Gasteiger partial charge in [0.05, 0.1) is 24.2 Å². The fourth-order valence-corrected chi connectivity index (χ4v) is 4.65. The van der Waals surface area contributed by atoms with Gasteiger partial charge in [0.1, 0.15) is 16.3 Å². The first kappa shape index (κ1) is 21.7. The number of nitrogens with zero attached hydrogens (tertiary/aromatic N) is 1. The number of aromatic nitrogens is 1. The Bertz CT molecular complexity index is 1400. The zero-order valence-electron chi connectivity index (χ0n) is 16.8. The molecule has 0 fully saturated rings. The van der Waals surface area contributed by atoms with Gasteiger partial charge in [-0.2, -0.15) is 0 Å². The van der Waals surface area contributed by atoms with Gasteiger partial charge in [-0.05, 0) is 42.5 Å². The summed E-state index contributed by atoms with van der Waals surface area (Å²) in [6, 6.07) is 18.0. The van der Waals surface area contributed by atoms with Gasteiger partial charge in [-0.25, -0.2) is 8.42 Å². The highest BCUT2D eigenvalue weighted by Gasteiger charge is 2.22. The summed E-state index contributed by atoms with van der Waals surface area (Å²) in [6.07, 6.45) is -0.0387. The third-order valence-electron chi connectivity index (χ3n) is 4.64. The lowest BCUT2D eigenvalue weighted by Crippen LogP contribution is -2.17. The number of sulfonamides is 1. The van der Waals surface area contributed by atoms with Gasteiger partial charge >= 0.3 is 0 Å². The molecule has 1 aromatic heterocycles. The molecule has 0 aliphatic rings. The molecule has 10 heteroatoms. The fourth-order valence-electron chi connectivity index (χ4n) is 3.13. The maximum Gasteiger partial charge on any atom is 0.265 e. The van der Waals surface area contributed by atoms with Crippen LogP contribution in [0, 0.1) is 0 Å². The smallest absolute Gasteiger partial charge is 0.265 e. The molecule has 164 valence electrons. The van der Waals surface area contributed by atoms with Crippen LogP contribution in [0.1, 0.15) is 5.69 Å². The standard InChI is InChI=1S/C22H18ClN3O5S/c1-30-20-11-10-14(12-21(20)32(28,29)26-17-8-4-3-7-16(17)23)24-22(27)13-18-15-6-2-5-9-19(15)31-25-18/h2-12,26H,13H2,1H3,(H,24,27). The van der Waals surface area contributed by atoms with Crippen LogP contribution in [0.5, 0.6) is 5.75 Å². The maximum atomic E-state index is 13.0. The molecule has 0 bridgehead atoms. The van der Waals surface area contributed by atoms with Crippen LogP contribution in [0.25, 0.3) is 11.0 Å². The molecule has 0 atom stereocenters. The molecular weight excluding hydrogens is 454 g/mol. The summed E-state index contributed by atoms with van der Waals surface area (Å²) in [5, 5.41) is 7.62. The number of hydrogen-bond donors (Lipinski definition) is 2. The van der Waals surface area contributed by atoms with E-state index in [1.807, 2.05) is 18.2 Å². The highest BCUT2D eigenvalue weighted by Crippen LogP contribution is 2.31. The predicted octanol–water partition coefficient (Wildman–Crippen LogP) is 4.47. The second-order valence-electron chi connectivity index (χ2n) is 6.80. The van der Waals surface area contributed by atoms with Gasteiger partial charge in [0.25, 0.3) is 10.0 Å². The van der Waals surface area contributed by atoms with Crippen molar-refractivity contribution in [2.75, 3.05) is 17.1 Å². The van der Waals surface area contributed by atoms with Gasteiger partial charge in [0.2, 0.25) is 5.91 Å². The van der Waals surface area contributed by atoms with E-state index in [2.05, 4.69) is 15.2 Å². The van der Waals surface area contributed by atoms with E-state index in [-0.39, 0.29) is 39.4 Å². The van der Waals surface area contributed by atoms with Crippen molar-refractivity contribution < 1.29 is 22.5 Å². The molecule has 1 heterocycles. The second-order valence-corrected chi connectivity index (χ2v) is 8.86. The molecule has 0 radical (unpaired) electrons. The van der Waals surface area contributed by atoms with E-state index >= 15 is 0 Å². The summed E-state index contributed by atoms with van der Waals surface area (Å²) >= 11 is 6.07. The second kappa shape index (κ2) is 8.89. The molecule has 0 saturated carbocycles. The Kier molecular flexibility index (Phi) is 6.02. The van der Waals surface area contributed by atoms with Crippen molar-refractivity contribution >= 4 is 49.9 Å². The first-order valence-corrected chi connectivity index (χ1v) is 11.3. The first-order valence-electron chi connectivity index (χ1n) is 9.46. The summed E-state index contributed by atoms with van der Waals surface area (Å²) in [5.74, 6) is -0.262. The van der Waals surface area contributed by atoms with Gasteiger partial charge in [-0.3, -0.25) is 9.52 Å². The number of anilines is 2. The zero-order chi connectivity index (χ0) is 22.7. The Balaban J connectivity index is 1.57. The van der Waals surface area contributed by atoms with Crippen molar-refractivity contribution in [3.63, 3.8) is 0 Å². The molecule has 32 heavy (non-hydrogen) atoms. The number of amides is 1. The molecule has 2 N–H and O–H groups in total. The Labute approximate surface area is 189 Å². The van der Waals surface area contributed by atoms with Crippen molar-refractivity contribution in [3.8, 4) is 5.75 Å². The SMILES string of the molecule is COc1ccc(NC(=O)Cc2noc3ccccc23)cc1S(=O)(=O)Nc1ccccc1Cl. The summed E-state index contributed by atoms with van der Waals surface area (Å²) < 4.78 is 38.8. The Morgan fingerprint density at radius 2 is 1.84 bits per heavy atom. The Morgan fingerprint density at radius 1 is 1.09 bits per heavy atom. The van der Waals surface area contributed by atoms with Gasteiger partial charge in [-0.1, -0.05) is 41.0 Å². The quantitative estimate of drug-likeness (QED) is 0.411. The van der Waals surface area contributed by atoms with E-state index in [1.54, 1.807) is 36.4 Å². The van der Waals surface area contributed by atoms with Crippen LogP contribution in [0.2, 0.25) is 5.02 Å². The van der Waals surface area contributed by atoms with Crippen LogP contribution < -0.4 is 14.8 Å². The van der Waals surface area contributed by atoms with E-state index in [1.165, 1.54) is 19.2 Å². The van der Waals surface area contributed by atoms with E-state index in [4.69, 9.17) is 20.9 Å². The van der Waals surface area contributed by atoms with Gasteiger partial charge in [0, 0.05) is 11.1 Å². The van der Waals surface area contributed by atoms with Crippen LogP contribution in [0.4, 0.5) is 11.4 Å². The van der Waals surface area contributed by atoms with Gasteiger partial charge in [0.15, 0.2) is 5.58 Å². The highest BCUT2D eigenvalue weighted by atomic mass is 35.5. The zero-order valence-corrected chi connectivity index (χ0v) is 18.4.